The van der Waals surface area contributed by atoms with Gasteiger partial charge >= 0.3 is 0 Å². The molecule has 0 aliphatic carbocycles. The Balaban J connectivity index is 1.69. The number of nitrogens with zero attached hydrogens (tertiary/aromatic N) is 1. The first-order valence-corrected chi connectivity index (χ1v) is 10.5. The van der Waals surface area contributed by atoms with Crippen LogP contribution in [0.1, 0.15) is 16.1 Å². The van der Waals surface area contributed by atoms with Gasteiger partial charge in [-0.1, -0.05) is 0 Å². The fourth-order valence-electron chi connectivity index (χ4n) is 2.67. The summed E-state index contributed by atoms with van der Waals surface area (Å²) in [5.41, 5.74) is 1.99. The summed E-state index contributed by atoms with van der Waals surface area (Å²) in [6.45, 7) is 3.61. The smallest absolute Gasteiger partial charge is 0.240 e. The number of halogens is 2. The molecule has 0 aliphatic rings. The lowest BCUT2D eigenvalue weighted by Crippen LogP contribution is -2.26. The molecule has 4 nitrogen and oxygen atoms in total. The summed E-state index contributed by atoms with van der Waals surface area (Å²) in [5.74, 6) is -0.780. The van der Waals surface area contributed by atoms with Crippen molar-refractivity contribution in [1.29, 1.82) is 0 Å². The number of sulfonamides is 1. The number of aryl methyl sites for hydroxylation is 2. The van der Waals surface area contributed by atoms with E-state index in [0.29, 0.717) is 12.0 Å². The van der Waals surface area contributed by atoms with Crippen molar-refractivity contribution in [2.75, 3.05) is 6.54 Å². The fourth-order valence-corrected chi connectivity index (χ4v) is 4.99. The van der Waals surface area contributed by atoms with Gasteiger partial charge in [0.05, 0.1) is 10.6 Å². The lowest BCUT2D eigenvalue weighted by molar-refractivity contribution is 0.580. The van der Waals surface area contributed by atoms with E-state index in [1.54, 1.807) is 19.1 Å². The Morgan fingerprint density at radius 3 is 2.37 bits per heavy atom. The standard InChI is InChI=1S/C19H18F2N2O2S2/c1-12-11-16(21)7-8-18(12)27(24,25)22-10-9-17-13(2)23-19(26-17)14-3-5-15(20)6-4-14/h3-8,11,22H,9-10H2,1-2H3. The highest BCUT2D eigenvalue weighted by atomic mass is 32.2. The van der Waals surface area contributed by atoms with Gasteiger partial charge in [-0.3, -0.25) is 0 Å². The molecule has 27 heavy (non-hydrogen) atoms. The van der Waals surface area contributed by atoms with Gasteiger partial charge in [-0.2, -0.15) is 0 Å². The van der Waals surface area contributed by atoms with Crippen LogP contribution in [-0.4, -0.2) is 19.9 Å². The molecule has 3 aromatic rings. The summed E-state index contributed by atoms with van der Waals surface area (Å²) >= 11 is 1.45. The van der Waals surface area contributed by atoms with Gasteiger partial charge in [-0.15, -0.1) is 11.3 Å². The van der Waals surface area contributed by atoms with Crippen LogP contribution >= 0.6 is 11.3 Å². The average molecular weight is 408 g/mol. The maximum atomic E-state index is 13.2. The summed E-state index contributed by atoms with van der Waals surface area (Å²) in [7, 11) is -3.71. The predicted octanol–water partition coefficient (Wildman–Crippen LogP) is 4.23. The van der Waals surface area contributed by atoms with Crippen molar-refractivity contribution in [1.82, 2.24) is 9.71 Å². The maximum absolute atomic E-state index is 13.2. The van der Waals surface area contributed by atoms with Crippen molar-refractivity contribution in [2.24, 2.45) is 0 Å². The van der Waals surface area contributed by atoms with Gasteiger partial charge in [0.15, 0.2) is 0 Å². The topological polar surface area (TPSA) is 59.1 Å². The number of hydrogen-bond donors (Lipinski definition) is 1. The fraction of sp³-hybridized carbons (Fsp3) is 0.211. The molecule has 0 unspecified atom stereocenters. The molecule has 0 saturated heterocycles. The van der Waals surface area contributed by atoms with Crippen molar-refractivity contribution < 1.29 is 17.2 Å². The van der Waals surface area contributed by atoms with E-state index in [2.05, 4.69) is 9.71 Å². The molecule has 2 aromatic carbocycles. The van der Waals surface area contributed by atoms with Crippen LogP contribution in [-0.2, 0) is 16.4 Å². The SMILES string of the molecule is Cc1cc(F)ccc1S(=O)(=O)NCCc1sc(-c2ccc(F)cc2)nc1C. The normalized spacial score (nSPS) is 11.7. The third-order valence-corrected chi connectivity index (χ3v) is 6.94. The summed E-state index contributed by atoms with van der Waals surface area (Å²) < 4.78 is 53.6. The van der Waals surface area contributed by atoms with Crippen molar-refractivity contribution in [3.8, 4) is 10.6 Å². The van der Waals surface area contributed by atoms with Crippen molar-refractivity contribution in [2.45, 2.75) is 25.2 Å². The minimum Gasteiger partial charge on any atom is -0.241 e. The zero-order chi connectivity index (χ0) is 19.6. The van der Waals surface area contributed by atoms with Gasteiger partial charge in [0.25, 0.3) is 0 Å². The molecular weight excluding hydrogens is 390 g/mol. The highest BCUT2D eigenvalue weighted by molar-refractivity contribution is 7.89. The molecule has 0 bridgehead atoms. The van der Waals surface area contributed by atoms with E-state index in [9.17, 15) is 17.2 Å². The molecule has 0 amide bonds. The third kappa shape index (κ3) is 4.58. The van der Waals surface area contributed by atoms with Gasteiger partial charge < -0.3 is 0 Å². The van der Waals surface area contributed by atoms with E-state index in [1.807, 2.05) is 6.92 Å². The molecule has 0 spiro atoms. The van der Waals surface area contributed by atoms with Gasteiger partial charge in [0.2, 0.25) is 10.0 Å². The molecule has 142 valence electrons. The van der Waals surface area contributed by atoms with Gasteiger partial charge in [-0.05, 0) is 68.3 Å². The largest absolute Gasteiger partial charge is 0.241 e. The van der Waals surface area contributed by atoms with Crippen LogP contribution < -0.4 is 4.72 Å². The van der Waals surface area contributed by atoms with E-state index in [1.165, 1.54) is 35.6 Å². The van der Waals surface area contributed by atoms with Crippen molar-refractivity contribution in [3.63, 3.8) is 0 Å². The molecule has 1 heterocycles. The quantitative estimate of drug-likeness (QED) is 0.664. The molecule has 1 aromatic heterocycles. The number of rotatable bonds is 6. The maximum Gasteiger partial charge on any atom is 0.240 e. The van der Waals surface area contributed by atoms with Crippen LogP contribution in [0.4, 0.5) is 8.78 Å². The van der Waals surface area contributed by atoms with Gasteiger partial charge in [-0.25, -0.2) is 26.9 Å². The van der Waals surface area contributed by atoms with E-state index in [4.69, 9.17) is 0 Å². The molecular formula is C19H18F2N2O2S2. The lowest BCUT2D eigenvalue weighted by Gasteiger charge is -2.09. The highest BCUT2D eigenvalue weighted by Gasteiger charge is 2.17. The Morgan fingerprint density at radius 1 is 1.04 bits per heavy atom. The predicted molar refractivity (Wildman–Crippen MR) is 102 cm³/mol. The second-order valence-electron chi connectivity index (χ2n) is 6.09. The molecule has 0 atom stereocenters. The van der Waals surface area contributed by atoms with E-state index in [0.717, 1.165) is 27.2 Å². The van der Waals surface area contributed by atoms with E-state index in [-0.39, 0.29) is 17.3 Å². The summed E-state index contributed by atoms with van der Waals surface area (Å²) in [5, 5.41) is 0.764. The zero-order valence-corrected chi connectivity index (χ0v) is 16.4. The highest BCUT2D eigenvalue weighted by Crippen LogP contribution is 2.28. The zero-order valence-electron chi connectivity index (χ0n) is 14.8. The number of benzene rings is 2. The van der Waals surface area contributed by atoms with Gasteiger partial charge in [0, 0.05) is 17.0 Å². The first-order chi connectivity index (χ1) is 12.8. The monoisotopic (exact) mass is 408 g/mol. The second kappa shape index (κ2) is 7.84. The summed E-state index contributed by atoms with van der Waals surface area (Å²) in [6.07, 6.45) is 0.476. The van der Waals surface area contributed by atoms with Crippen molar-refractivity contribution in [3.05, 3.63) is 70.2 Å². The van der Waals surface area contributed by atoms with Crippen LogP contribution in [0.15, 0.2) is 47.4 Å². The Labute approximate surface area is 161 Å². The number of thiazole rings is 1. The summed E-state index contributed by atoms with van der Waals surface area (Å²) in [4.78, 5) is 5.50. The molecule has 0 radical (unpaired) electrons. The third-order valence-electron chi connectivity index (χ3n) is 4.05. The van der Waals surface area contributed by atoms with Crippen LogP contribution in [0.5, 0.6) is 0 Å². The van der Waals surface area contributed by atoms with E-state index >= 15 is 0 Å². The molecule has 0 saturated carbocycles. The van der Waals surface area contributed by atoms with Crippen LogP contribution in [0.3, 0.4) is 0 Å². The molecule has 0 aliphatic heterocycles. The van der Waals surface area contributed by atoms with Crippen LogP contribution in [0.2, 0.25) is 0 Å². The minimum absolute atomic E-state index is 0.0666. The number of nitrogens with one attached hydrogen (secondary N) is 1. The van der Waals surface area contributed by atoms with Crippen molar-refractivity contribution >= 4 is 21.4 Å². The molecule has 8 heteroatoms. The molecule has 0 fully saturated rings. The second-order valence-corrected chi connectivity index (χ2v) is 8.91. The van der Waals surface area contributed by atoms with Crippen LogP contribution in [0.25, 0.3) is 10.6 Å². The number of hydrogen-bond acceptors (Lipinski definition) is 4. The summed E-state index contributed by atoms with van der Waals surface area (Å²) in [6, 6.07) is 9.67. The first-order valence-electron chi connectivity index (χ1n) is 8.24. The molecule has 1 N–H and O–H groups in total. The first kappa shape index (κ1) is 19.6. The molecule has 3 rings (SSSR count). The minimum atomic E-state index is -3.71. The van der Waals surface area contributed by atoms with Crippen LogP contribution in [0, 0.1) is 25.5 Å². The Kier molecular flexibility index (Phi) is 5.69. The number of aromatic nitrogens is 1. The Bertz CT molecular complexity index is 1060. The average Bonchev–Trinajstić information content (AvgIpc) is 2.96. The Morgan fingerprint density at radius 2 is 1.70 bits per heavy atom. The Hall–Kier alpha value is -2.16. The lowest BCUT2D eigenvalue weighted by atomic mass is 10.2. The van der Waals surface area contributed by atoms with E-state index < -0.39 is 15.8 Å². The van der Waals surface area contributed by atoms with Gasteiger partial charge in [0.1, 0.15) is 16.6 Å².